The second kappa shape index (κ2) is 7.97. The van der Waals surface area contributed by atoms with Gasteiger partial charge in [-0.15, -0.1) is 11.3 Å². The summed E-state index contributed by atoms with van der Waals surface area (Å²) in [6.45, 7) is 6.33. The molecule has 0 aliphatic rings. The van der Waals surface area contributed by atoms with E-state index in [4.69, 9.17) is 0 Å². The third kappa shape index (κ3) is 4.31. The summed E-state index contributed by atoms with van der Waals surface area (Å²) in [4.78, 5) is 2.34. The summed E-state index contributed by atoms with van der Waals surface area (Å²) in [7, 11) is 2.17. The summed E-state index contributed by atoms with van der Waals surface area (Å²) in [5.74, 6) is 0. The Bertz CT molecular complexity index is 567. The number of anilines is 1. The molecule has 21 heavy (non-hydrogen) atoms. The number of thiophene rings is 1. The molecule has 1 unspecified atom stereocenters. The van der Waals surface area contributed by atoms with Crippen LogP contribution in [0.4, 0.5) is 5.69 Å². The van der Waals surface area contributed by atoms with E-state index in [9.17, 15) is 0 Å². The zero-order valence-corrected chi connectivity index (χ0v) is 15.3. The van der Waals surface area contributed by atoms with Gasteiger partial charge in [-0.1, -0.05) is 32.0 Å². The van der Waals surface area contributed by atoms with Crippen molar-refractivity contribution in [2.45, 2.75) is 32.9 Å². The molecule has 1 atom stereocenters. The minimum Gasteiger partial charge on any atom is -0.370 e. The lowest BCUT2D eigenvalue weighted by atomic mass is 10.0. The van der Waals surface area contributed by atoms with E-state index in [0.717, 1.165) is 19.5 Å². The van der Waals surface area contributed by atoms with Gasteiger partial charge in [0.05, 0.1) is 3.79 Å². The van der Waals surface area contributed by atoms with Crippen LogP contribution in [0.5, 0.6) is 0 Å². The molecule has 114 valence electrons. The van der Waals surface area contributed by atoms with Gasteiger partial charge in [0.2, 0.25) is 0 Å². The Labute approximate surface area is 140 Å². The largest absolute Gasteiger partial charge is 0.370 e. The van der Waals surface area contributed by atoms with Gasteiger partial charge in [-0.25, -0.2) is 0 Å². The normalized spacial score (nSPS) is 12.4. The summed E-state index contributed by atoms with van der Waals surface area (Å²) in [5, 5.41) is 5.79. The number of nitrogens with one attached hydrogen (secondary N) is 1. The van der Waals surface area contributed by atoms with Crippen molar-refractivity contribution in [3.05, 3.63) is 50.6 Å². The molecule has 0 radical (unpaired) electrons. The Kier molecular flexibility index (Phi) is 6.27. The molecular weight excluding hydrogens is 344 g/mol. The third-order valence-corrected chi connectivity index (χ3v) is 5.18. The highest BCUT2D eigenvalue weighted by molar-refractivity contribution is 9.11. The molecule has 1 N–H and O–H groups in total. The second-order valence-corrected chi connectivity index (χ2v) is 7.48. The van der Waals surface area contributed by atoms with Crippen LogP contribution in [0.25, 0.3) is 0 Å². The Hall–Kier alpha value is -0.840. The van der Waals surface area contributed by atoms with Crippen LogP contribution in [-0.2, 0) is 6.54 Å². The first kappa shape index (κ1) is 16.5. The average Bonchev–Trinajstić information content (AvgIpc) is 2.90. The van der Waals surface area contributed by atoms with Crippen molar-refractivity contribution in [1.82, 2.24) is 5.32 Å². The van der Waals surface area contributed by atoms with Crippen LogP contribution in [0.1, 0.15) is 37.4 Å². The molecule has 0 aliphatic heterocycles. The van der Waals surface area contributed by atoms with Gasteiger partial charge < -0.3 is 10.2 Å². The molecule has 2 aromatic rings. The molecular formula is C17H23BrN2S. The lowest BCUT2D eigenvalue weighted by Gasteiger charge is -2.26. The van der Waals surface area contributed by atoms with Gasteiger partial charge in [-0.05, 0) is 57.5 Å². The lowest BCUT2D eigenvalue weighted by molar-refractivity contribution is 0.537. The van der Waals surface area contributed by atoms with Crippen LogP contribution in [-0.4, -0.2) is 13.6 Å². The molecule has 4 heteroatoms. The zero-order valence-electron chi connectivity index (χ0n) is 12.9. The Morgan fingerprint density at radius 3 is 2.67 bits per heavy atom. The average molecular weight is 367 g/mol. The molecule has 0 amide bonds. The van der Waals surface area contributed by atoms with Gasteiger partial charge in [-0.2, -0.15) is 0 Å². The summed E-state index contributed by atoms with van der Waals surface area (Å²) in [6.07, 6.45) is 1.10. The molecule has 0 spiro atoms. The number of benzene rings is 1. The molecule has 1 aromatic heterocycles. The van der Waals surface area contributed by atoms with Crippen LogP contribution >= 0.6 is 27.3 Å². The first-order valence-electron chi connectivity index (χ1n) is 7.42. The summed E-state index contributed by atoms with van der Waals surface area (Å²) >= 11 is 5.28. The van der Waals surface area contributed by atoms with Crippen molar-refractivity contribution in [1.29, 1.82) is 0 Å². The number of nitrogens with zero attached hydrogens (tertiary/aromatic N) is 1. The molecule has 1 heterocycles. The van der Waals surface area contributed by atoms with Gasteiger partial charge in [0.25, 0.3) is 0 Å². The standard InChI is InChI=1S/C17H23BrN2S/c1-4-15(19-5-2)14-8-6-7-9-16(14)20(3)11-13-10-17(18)21-12-13/h6-10,12,15,19H,4-5,11H2,1-3H3. The predicted octanol–water partition coefficient (Wildman–Crippen LogP) is 5.21. The van der Waals surface area contributed by atoms with Crippen molar-refractivity contribution >= 4 is 33.0 Å². The summed E-state index contributed by atoms with van der Waals surface area (Å²) in [6, 6.07) is 11.3. The number of hydrogen-bond acceptors (Lipinski definition) is 3. The highest BCUT2D eigenvalue weighted by Gasteiger charge is 2.15. The maximum absolute atomic E-state index is 3.58. The molecule has 0 bridgehead atoms. The first-order chi connectivity index (χ1) is 10.2. The maximum Gasteiger partial charge on any atom is 0.0701 e. The number of halogens is 1. The van der Waals surface area contributed by atoms with E-state index in [-0.39, 0.29) is 0 Å². The van der Waals surface area contributed by atoms with Gasteiger partial charge in [0.1, 0.15) is 0 Å². The lowest BCUT2D eigenvalue weighted by Crippen LogP contribution is -2.24. The van der Waals surface area contributed by atoms with Gasteiger partial charge >= 0.3 is 0 Å². The molecule has 0 aliphatic carbocycles. The predicted molar refractivity (Wildman–Crippen MR) is 97.3 cm³/mol. The van der Waals surface area contributed by atoms with Crippen LogP contribution < -0.4 is 10.2 Å². The monoisotopic (exact) mass is 366 g/mol. The van der Waals surface area contributed by atoms with Crippen LogP contribution in [0, 0.1) is 0 Å². The van der Waals surface area contributed by atoms with Crippen molar-refractivity contribution in [2.75, 3.05) is 18.5 Å². The molecule has 0 fully saturated rings. The fourth-order valence-electron chi connectivity index (χ4n) is 2.64. The molecule has 0 saturated carbocycles. The Balaban J connectivity index is 2.21. The fraction of sp³-hybridized carbons (Fsp3) is 0.412. The Morgan fingerprint density at radius 2 is 2.05 bits per heavy atom. The minimum absolute atomic E-state index is 0.419. The van der Waals surface area contributed by atoms with E-state index in [0.29, 0.717) is 6.04 Å². The zero-order chi connectivity index (χ0) is 15.2. The van der Waals surface area contributed by atoms with Crippen molar-refractivity contribution in [3.8, 4) is 0 Å². The quantitative estimate of drug-likeness (QED) is 0.723. The highest BCUT2D eigenvalue weighted by atomic mass is 79.9. The SMILES string of the molecule is CCNC(CC)c1ccccc1N(C)Cc1csc(Br)c1. The summed E-state index contributed by atoms with van der Waals surface area (Å²) < 4.78 is 1.19. The molecule has 0 saturated heterocycles. The minimum atomic E-state index is 0.419. The fourth-order valence-corrected chi connectivity index (χ4v) is 3.84. The number of hydrogen-bond donors (Lipinski definition) is 1. The van der Waals surface area contributed by atoms with Crippen molar-refractivity contribution in [2.24, 2.45) is 0 Å². The maximum atomic E-state index is 3.58. The smallest absolute Gasteiger partial charge is 0.0701 e. The van der Waals surface area contributed by atoms with E-state index >= 15 is 0 Å². The van der Waals surface area contributed by atoms with Crippen LogP contribution in [0.3, 0.4) is 0 Å². The summed E-state index contributed by atoms with van der Waals surface area (Å²) in [5.41, 5.74) is 4.05. The molecule has 2 nitrogen and oxygen atoms in total. The van der Waals surface area contributed by atoms with Gasteiger partial charge in [-0.3, -0.25) is 0 Å². The van der Waals surface area contributed by atoms with E-state index in [1.54, 1.807) is 11.3 Å². The number of para-hydroxylation sites is 1. The van der Waals surface area contributed by atoms with Gasteiger partial charge in [0, 0.05) is 25.3 Å². The van der Waals surface area contributed by atoms with E-state index in [2.05, 4.69) is 82.8 Å². The third-order valence-electron chi connectivity index (χ3n) is 3.62. The Morgan fingerprint density at radius 1 is 1.29 bits per heavy atom. The van der Waals surface area contributed by atoms with Crippen LogP contribution in [0.15, 0.2) is 39.5 Å². The first-order valence-corrected chi connectivity index (χ1v) is 9.09. The van der Waals surface area contributed by atoms with E-state index < -0.39 is 0 Å². The van der Waals surface area contributed by atoms with Crippen LogP contribution in [0.2, 0.25) is 0 Å². The van der Waals surface area contributed by atoms with Gasteiger partial charge in [0.15, 0.2) is 0 Å². The molecule has 2 rings (SSSR count). The topological polar surface area (TPSA) is 15.3 Å². The van der Waals surface area contributed by atoms with Crippen molar-refractivity contribution in [3.63, 3.8) is 0 Å². The van der Waals surface area contributed by atoms with Crippen molar-refractivity contribution < 1.29 is 0 Å². The highest BCUT2D eigenvalue weighted by Crippen LogP contribution is 2.29. The van der Waals surface area contributed by atoms with E-state index in [1.807, 2.05) is 0 Å². The number of rotatable bonds is 7. The molecule has 1 aromatic carbocycles. The second-order valence-electron chi connectivity index (χ2n) is 5.19. The van der Waals surface area contributed by atoms with E-state index in [1.165, 1.54) is 20.6 Å².